The fourth-order valence-electron chi connectivity index (χ4n) is 3.11. The minimum absolute atomic E-state index is 1.12. The van der Waals surface area contributed by atoms with E-state index >= 15 is 0 Å². The monoisotopic (exact) mass is 491 g/mol. The van der Waals surface area contributed by atoms with E-state index in [1.165, 1.54) is 70.6 Å². The van der Waals surface area contributed by atoms with Gasteiger partial charge < -0.3 is 0 Å². The van der Waals surface area contributed by atoms with Gasteiger partial charge in [-0.25, -0.2) is 0 Å². The van der Waals surface area contributed by atoms with E-state index in [4.69, 9.17) is 0 Å². The molecule has 21 heavy (non-hydrogen) atoms. The van der Waals surface area contributed by atoms with Crippen molar-refractivity contribution in [1.82, 2.24) is 0 Å². The summed E-state index contributed by atoms with van der Waals surface area (Å²) in [7, 11) is 0. The normalized spacial score (nSPS) is 11.4. The van der Waals surface area contributed by atoms with Crippen molar-refractivity contribution in [3.63, 3.8) is 0 Å². The number of unbranched alkanes of at least 4 members (excludes halogenated alkanes) is 11. The SMILES string of the molecule is CCCCCCC[CH2][Pb]([CH2]CCC)[CH2]CCCCCCC. The molecule has 0 aromatic heterocycles. The first-order valence-electron chi connectivity index (χ1n) is 10.2. The van der Waals surface area contributed by atoms with E-state index in [1.54, 1.807) is 31.2 Å². The van der Waals surface area contributed by atoms with Gasteiger partial charge in [0.2, 0.25) is 0 Å². The summed E-state index contributed by atoms with van der Waals surface area (Å²) in [6, 6.07) is 0. The van der Waals surface area contributed by atoms with Crippen LogP contribution < -0.4 is 0 Å². The van der Waals surface area contributed by atoms with E-state index < -0.39 is 22.7 Å². The Bertz CT molecular complexity index is 163. The number of hydrogen-bond donors (Lipinski definition) is 0. The van der Waals surface area contributed by atoms with Crippen LogP contribution in [0.4, 0.5) is 0 Å². The molecule has 127 valence electrons. The summed E-state index contributed by atoms with van der Waals surface area (Å²) >= 11 is -1.12. The van der Waals surface area contributed by atoms with Crippen molar-refractivity contribution in [3.8, 4) is 0 Å². The van der Waals surface area contributed by atoms with Gasteiger partial charge in [0.15, 0.2) is 0 Å². The Labute approximate surface area is 145 Å². The van der Waals surface area contributed by atoms with Crippen LogP contribution in [0.3, 0.4) is 0 Å². The fraction of sp³-hybridized carbons (Fsp3) is 1.00. The molecular weight excluding hydrogens is 447 g/mol. The summed E-state index contributed by atoms with van der Waals surface area (Å²) in [6.07, 6.45) is 20.9. The summed E-state index contributed by atoms with van der Waals surface area (Å²) in [5, 5.41) is 0. The van der Waals surface area contributed by atoms with Gasteiger partial charge in [0, 0.05) is 0 Å². The second-order valence-corrected chi connectivity index (χ2v) is 18.6. The predicted octanol–water partition coefficient (Wildman–Crippen LogP) is 8.00. The van der Waals surface area contributed by atoms with Crippen LogP contribution in [0.25, 0.3) is 0 Å². The molecule has 0 aromatic carbocycles. The van der Waals surface area contributed by atoms with Crippen LogP contribution in [0.2, 0.25) is 11.9 Å². The van der Waals surface area contributed by atoms with Gasteiger partial charge in [0.25, 0.3) is 0 Å². The van der Waals surface area contributed by atoms with Crippen LogP contribution in [0.1, 0.15) is 111 Å². The maximum absolute atomic E-state index is 2.37. The molecule has 0 spiro atoms. The second-order valence-electron chi connectivity index (χ2n) is 6.89. The molecular formula is C20H43Pb. The van der Waals surface area contributed by atoms with Crippen LogP contribution in [0.15, 0.2) is 0 Å². The summed E-state index contributed by atoms with van der Waals surface area (Å²) in [6.45, 7) is 7.01. The second kappa shape index (κ2) is 19.0. The first-order chi connectivity index (χ1) is 10.3. The van der Waals surface area contributed by atoms with E-state index in [1.807, 2.05) is 0 Å². The first-order valence-corrected chi connectivity index (χ1v) is 18.4. The number of rotatable bonds is 17. The van der Waals surface area contributed by atoms with Gasteiger partial charge in [0.05, 0.1) is 0 Å². The minimum atomic E-state index is -1.12. The number of hydrogen-bond acceptors (Lipinski definition) is 0. The Balaban J connectivity index is 3.56. The van der Waals surface area contributed by atoms with Gasteiger partial charge >= 0.3 is 145 Å². The van der Waals surface area contributed by atoms with E-state index in [0.717, 1.165) is 0 Å². The van der Waals surface area contributed by atoms with Gasteiger partial charge in [0.1, 0.15) is 0 Å². The topological polar surface area (TPSA) is 0 Å². The van der Waals surface area contributed by atoms with Crippen molar-refractivity contribution in [2.45, 2.75) is 123 Å². The average molecular weight is 491 g/mol. The van der Waals surface area contributed by atoms with Gasteiger partial charge in [-0.15, -0.1) is 0 Å². The molecule has 0 saturated heterocycles. The summed E-state index contributed by atoms with van der Waals surface area (Å²) in [5.74, 6) is 0. The molecule has 0 unspecified atom stereocenters. The molecule has 0 atom stereocenters. The quantitative estimate of drug-likeness (QED) is 0.143. The van der Waals surface area contributed by atoms with Crippen molar-refractivity contribution in [1.29, 1.82) is 0 Å². The third-order valence-electron chi connectivity index (χ3n) is 4.65. The van der Waals surface area contributed by atoms with Crippen LogP contribution in [0.5, 0.6) is 0 Å². The molecule has 0 rings (SSSR count). The summed E-state index contributed by atoms with van der Waals surface area (Å²) < 4.78 is 5.17. The zero-order valence-corrected chi connectivity index (χ0v) is 19.4. The zero-order chi connectivity index (χ0) is 15.6. The molecule has 0 N–H and O–H groups in total. The fourth-order valence-corrected chi connectivity index (χ4v) is 15.2. The standard InChI is InChI=1S/2C8H17.C4H9.Pb/c2*1-3-5-7-8-6-4-2;1-3-4-2;/h2*1,3-8H2,2H3;1,3-4H2,2H3;. The molecule has 0 saturated carbocycles. The van der Waals surface area contributed by atoms with E-state index in [9.17, 15) is 0 Å². The van der Waals surface area contributed by atoms with Crippen molar-refractivity contribution in [2.75, 3.05) is 0 Å². The predicted molar refractivity (Wildman–Crippen MR) is 102 cm³/mol. The summed E-state index contributed by atoms with van der Waals surface area (Å²) in [4.78, 5) is 0. The maximum atomic E-state index is 2.37. The van der Waals surface area contributed by atoms with Gasteiger partial charge in [-0.05, 0) is 0 Å². The van der Waals surface area contributed by atoms with E-state index in [0.29, 0.717) is 0 Å². The molecule has 0 aliphatic rings. The Morgan fingerprint density at radius 3 is 1.14 bits per heavy atom. The van der Waals surface area contributed by atoms with Crippen molar-refractivity contribution in [2.24, 2.45) is 0 Å². The van der Waals surface area contributed by atoms with Crippen LogP contribution in [0, 0.1) is 0 Å². The molecule has 0 heterocycles. The summed E-state index contributed by atoms with van der Waals surface area (Å²) in [5.41, 5.74) is 0. The Morgan fingerprint density at radius 2 is 0.714 bits per heavy atom. The van der Waals surface area contributed by atoms with Gasteiger partial charge in [-0.2, -0.15) is 0 Å². The van der Waals surface area contributed by atoms with Crippen molar-refractivity contribution in [3.05, 3.63) is 0 Å². The molecule has 0 aliphatic carbocycles. The zero-order valence-electron chi connectivity index (χ0n) is 15.5. The Kier molecular flexibility index (Phi) is 19.8. The van der Waals surface area contributed by atoms with Crippen LogP contribution in [-0.4, -0.2) is 22.7 Å². The van der Waals surface area contributed by atoms with Gasteiger partial charge in [-0.3, -0.25) is 0 Å². The molecule has 0 aromatic rings. The molecule has 0 bridgehead atoms. The average Bonchev–Trinajstić information content (AvgIpc) is 2.50. The van der Waals surface area contributed by atoms with E-state index in [2.05, 4.69) is 20.8 Å². The van der Waals surface area contributed by atoms with Crippen molar-refractivity contribution < 1.29 is 0 Å². The third-order valence-corrected chi connectivity index (χ3v) is 17.0. The first kappa shape index (κ1) is 21.9. The molecule has 0 nitrogen and oxygen atoms in total. The van der Waals surface area contributed by atoms with Crippen LogP contribution >= 0.6 is 0 Å². The molecule has 0 fully saturated rings. The Hall–Kier alpha value is 0.922. The third kappa shape index (κ3) is 17.1. The van der Waals surface area contributed by atoms with Crippen molar-refractivity contribution >= 4 is 22.7 Å². The Morgan fingerprint density at radius 1 is 0.381 bits per heavy atom. The van der Waals surface area contributed by atoms with Gasteiger partial charge in [-0.1, -0.05) is 0 Å². The van der Waals surface area contributed by atoms with Crippen LogP contribution in [-0.2, 0) is 0 Å². The van der Waals surface area contributed by atoms with E-state index in [-0.39, 0.29) is 0 Å². The molecule has 1 radical (unpaired) electrons. The molecule has 1 heteroatoms. The molecule has 0 aliphatic heterocycles. The molecule has 0 amide bonds.